The van der Waals surface area contributed by atoms with E-state index in [1.54, 1.807) is 3.26 Å². The molecular formula is C31H30Cl2Hf-2. The van der Waals surface area contributed by atoms with Gasteiger partial charge in [-0.15, -0.1) is 5.56 Å². The van der Waals surface area contributed by atoms with Crippen LogP contribution in [0.25, 0.3) is 11.1 Å². The Bertz CT molecular complexity index is 1040. The zero-order valence-electron chi connectivity index (χ0n) is 19.4. The van der Waals surface area contributed by atoms with Gasteiger partial charge in [-0.05, 0) is 6.42 Å². The molecule has 0 saturated heterocycles. The van der Waals surface area contributed by atoms with E-state index in [9.17, 15) is 0 Å². The summed E-state index contributed by atoms with van der Waals surface area (Å²) in [4.78, 5) is 0. The van der Waals surface area contributed by atoms with Crippen molar-refractivity contribution in [3.05, 3.63) is 126 Å². The van der Waals surface area contributed by atoms with Crippen molar-refractivity contribution in [1.82, 2.24) is 0 Å². The van der Waals surface area contributed by atoms with Gasteiger partial charge in [-0.3, -0.25) is 0 Å². The summed E-state index contributed by atoms with van der Waals surface area (Å²) < 4.78 is 1.74. The maximum Gasteiger partial charge on any atom is -0.0253 e. The van der Waals surface area contributed by atoms with Crippen LogP contribution in [0.15, 0.2) is 103 Å². The maximum atomic E-state index is 3.30. The summed E-state index contributed by atoms with van der Waals surface area (Å²) in [7, 11) is 0. The molecule has 174 valence electrons. The van der Waals surface area contributed by atoms with Crippen molar-refractivity contribution in [3.63, 3.8) is 0 Å². The minimum Gasteiger partial charge on any atom is -0.214 e. The van der Waals surface area contributed by atoms with Crippen molar-refractivity contribution in [2.24, 2.45) is 5.92 Å². The average Bonchev–Trinajstić information content (AvgIpc) is 3.57. The van der Waals surface area contributed by atoms with Crippen LogP contribution >= 0.6 is 0 Å². The van der Waals surface area contributed by atoms with Gasteiger partial charge in [0.2, 0.25) is 0 Å². The second-order valence-electron chi connectivity index (χ2n) is 8.47. The normalized spacial score (nSPS) is 13.4. The van der Waals surface area contributed by atoms with Gasteiger partial charge in [0.1, 0.15) is 0 Å². The van der Waals surface area contributed by atoms with E-state index in [-0.39, 0.29) is 24.8 Å². The van der Waals surface area contributed by atoms with Crippen LogP contribution in [0, 0.1) is 12.0 Å². The Morgan fingerprint density at radius 3 is 2.06 bits per heavy atom. The van der Waals surface area contributed by atoms with Gasteiger partial charge >= 0.3 is 101 Å². The summed E-state index contributed by atoms with van der Waals surface area (Å²) in [6.07, 6.45) is 8.28. The van der Waals surface area contributed by atoms with Gasteiger partial charge in [-0.1, -0.05) is 35.4 Å². The molecular weight excluding hydrogens is 622 g/mol. The molecule has 34 heavy (non-hydrogen) atoms. The number of fused-ring (bicyclic) bond motifs is 3. The summed E-state index contributed by atoms with van der Waals surface area (Å²) in [5, 5.41) is 0. The molecule has 2 aliphatic rings. The Kier molecular flexibility index (Phi) is 12.9. The van der Waals surface area contributed by atoms with E-state index in [1.165, 1.54) is 83.8 Å². The second kappa shape index (κ2) is 15.4. The van der Waals surface area contributed by atoms with Crippen LogP contribution < -0.4 is 24.8 Å². The molecule has 0 radical (unpaired) electrons. The topological polar surface area (TPSA) is 0 Å². The van der Waals surface area contributed by atoms with Crippen molar-refractivity contribution in [1.29, 1.82) is 0 Å². The third-order valence-electron chi connectivity index (χ3n) is 6.27. The minimum absolute atomic E-state index is 0. The first-order chi connectivity index (χ1) is 15.8. The molecule has 0 N–H and O–H groups in total. The van der Waals surface area contributed by atoms with E-state index >= 15 is 0 Å². The number of hydrogen-bond donors (Lipinski definition) is 0. The largest absolute Gasteiger partial charge is 0.214 e. The first-order valence-electron chi connectivity index (χ1n) is 11.7. The molecule has 0 unspecified atom stereocenters. The first kappa shape index (κ1) is 28.6. The summed E-state index contributed by atoms with van der Waals surface area (Å²) in [5.74, 6) is 0.915. The van der Waals surface area contributed by atoms with Gasteiger partial charge in [0.25, 0.3) is 0 Å². The van der Waals surface area contributed by atoms with Crippen LogP contribution in [0.3, 0.4) is 0 Å². The molecule has 0 bridgehead atoms. The van der Waals surface area contributed by atoms with Crippen LogP contribution in [0.4, 0.5) is 0 Å². The third-order valence-corrected chi connectivity index (χ3v) is 8.77. The third kappa shape index (κ3) is 7.94. The fraction of sp³-hybridized carbons (Fsp3) is 0.226. The SMILES string of the molecule is [Cl-].[Cl-].[Hf+2]=[C](c1ccccc1)C1CCCCC1.[c-]1cccc2c1Cc1ccccc1-2.c1cc[cH-]c1. The molecule has 0 aliphatic heterocycles. The first-order valence-corrected chi connectivity index (χ1v) is 13.5. The van der Waals surface area contributed by atoms with Gasteiger partial charge < -0.3 is 24.8 Å². The predicted molar refractivity (Wildman–Crippen MR) is 133 cm³/mol. The van der Waals surface area contributed by atoms with Crippen LogP contribution in [0.2, 0.25) is 0 Å². The molecule has 0 heterocycles. The number of benzene rings is 3. The maximum absolute atomic E-state index is 3.30. The molecule has 1 fully saturated rings. The quantitative estimate of drug-likeness (QED) is 0.202. The van der Waals surface area contributed by atoms with E-state index < -0.39 is 0 Å². The molecule has 3 heteroatoms. The predicted octanol–water partition coefficient (Wildman–Crippen LogP) is 1.81. The van der Waals surface area contributed by atoms with Crippen molar-refractivity contribution in [3.8, 4) is 11.1 Å². The Morgan fingerprint density at radius 1 is 0.735 bits per heavy atom. The number of hydrogen-bond acceptors (Lipinski definition) is 0. The molecule has 0 aromatic heterocycles. The number of halogens is 2. The summed E-state index contributed by atoms with van der Waals surface area (Å²) in [6.45, 7) is 0. The van der Waals surface area contributed by atoms with Crippen molar-refractivity contribution < 1.29 is 48.7 Å². The van der Waals surface area contributed by atoms with Crippen molar-refractivity contribution in [2.75, 3.05) is 0 Å². The fourth-order valence-electron chi connectivity index (χ4n) is 4.56. The molecule has 2 aliphatic carbocycles. The van der Waals surface area contributed by atoms with E-state index in [1.807, 2.05) is 36.4 Å². The van der Waals surface area contributed by atoms with Gasteiger partial charge in [0.15, 0.2) is 0 Å². The van der Waals surface area contributed by atoms with Crippen LogP contribution in [0.1, 0.15) is 48.8 Å². The van der Waals surface area contributed by atoms with Gasteiger partial charge in [-0.2, -0.15) is 48.0 Å². The molecule has 6 rings (SSSR count). The van der Waals surface area contributed by atoms with Crippen molar-refractivity contribution in [2.45, 2.75) is 38.5 Å². The molecule has 0 spiro atoms. The minimum atomic E-state index is 0. The van der Waals surface area contributed by atoms with Crippen LogP contribution in [-0.4, -0.2) is 3.26 Å². The molecule has 0 amide bonds. The molecule has 0 nitrogen and oxygen atoms in total. The summed E-state index contributed by atoms with van der Waals surface area (Å²) >= 11 is 1.23. The Balaban J connectivity index is 0.000000191. The number of rotatable bonds is 2. The van der Waals surface area contributed by atoms with Gasteiger partial charge in [-0.25, -0.2) is 12.1 Å². The van der Waals surface area contributed by atoms with Crippen LogP contribution in [0.5, 0.6) is 0 Å². The Labute approximate surface area is 232 Å². The fourth-order valence-corrected chi connectivity index (χ4v) is 6.20. The van der Waals surface area contributed by atoms with E-state index in [0.29, 0.717) is 0 Å². The van der Waals surface area contributed by atoms with Gasteiger partial charge in [0.05, 0.1) is 0 Å². The zero-order chi connectivity index (χ0) is 22.0. The monoisotopic (exact) mass is 652 g/mol. The zero-order valence-corrected chi connectivity index (χ0v) is 24.5. The van der Waals surface area contributed by atoms with E-state index in [0.717, 1.165) is 12.3 Å². The molecule has 1 saturated carbocycles. The average molecular weight is 652 g/mol. The van der Waals surface area contributed by atoms with E-state index in [4.69, 9.17) is 0 Å². The molecule has 4 aromatic rings. The van der Waals surface area contributed by atoms with Gasteiger partial charge in [0, 0.05) is 0 Å². The smallest absolute Gasteiger partial charge is 0.0253 e. The second-order valence-corrected chi connectivity index (χ2v) is 10.4. The van der Waals surface area contributed by atoms with Crippen molar-refractivity contribution >= 4 is 3.26 Å². The Morgan fingerprint density at radius 2 is 1.38 bits per heavy atom. The molecule has 4 aromatic carbocycles. The summed E-state index contributed by atoms with van der Waals surface area (Å²) in [6, 6.07) is 39.1. The Hall–Kier alpha value is -1.67. The standard InChI is InChI=1S/C13H9.C13H16.C5H5.2ClH.Hf/c1-3-7-12-10(5-1)9-11-6-2-4-8-13(11)12;1-3-7-12(8-4-1)11-13-9-5-2-6-10-13;1-2-4-5-3-1;;;/h1-5,7-8H,9H2;1,3-4,7-8,13H,2,5-6,9-10H2;1-5H;2*1H;/q-1;;-1;;;+2/p-2. The molecule has 0 atom stereocenters. The van der Waals surface area contributed by atoms with Crippen LogP contribution in [-0.2, 0) is 30.3 Å². The van der Waals surface area contributed by atoms with E-state index in [2.05, 4.69) is 72.8 Å². The summed E-state index contributed by atoms with van der Waals surface area (Å²) in [5.41, 5.74) is 7.02.